The quantitative estimate of drug-likeness (QED) is 0.816. The lowest BCUT2D eigenvalue weighted by Crippen LogP contribution is -2.25. The Morgan fingerprint density at radius 3 is 2.94 bits per heavy atom. The van der Waals surface area contributed by atoms with E-state index in [0.717, 1.165) is 57.0 Å². The van der Waals surface area contributed by atoms with Gasteiger partial charge >= 0.3 is 0 Å². The average molecular weight is 237 g/mol. The van der Waals surface area contributed by atoms with Crippen molar-refractivity contribution in [3.8, 4) is 0 Å². The van der Waals surface area contributed by atoms with Crippen molar-refractivity contribution in [3.05, 3.63) is 11.6 Å². The smallest absolute Gasteiger partial charge is 0.151 e. The van der Waals surface area contributed by atoms with Gasteiger partial charge in [0.05, 0.1) is 12.6 Å². The van der Waals surface area contributed by atoms with Crippen LogP contribution >= 0.6 is 0 Å². The number of aromatic nitrogens is 3. The molecule has 1 atom stereocenters. The van der Waals surface area contributed by atoms with Crippen molar-refractivity contribution in [3.63, 3.8) is 0 Å². The van der Waals surface area contributed by atoms with Crippen LogP contribution in [0.15, 0.2) is 0 Å². The van der Waals surface area contributed by atoms with Gasteiger partial charge in [0, 0.05) is 26.1 Å². The largest absolute Gasteiger partial charge is 0.391 e. The summed E-state index contributed by atoms with van der Waals surface area (Å²) < 4.78 is 7.23. The molecule has 0 aliphatic carbocycles. The van der Waals surface area contributed by atoms with E-state index in [1.807, 2.05) is 4.68 Å². The number of hydrogen-bond donors (Lipinski definition) is 1. The van der Waals surface area contributed by atoms with Crippen LogP contribution in [-0.2, 0) is 24.1 Å². The molecule has 0 saturated carbocycles. The van der Waals surface area contributed by atoms with E-state index >= 15 is 0 Å². The number of ether oxygens (including phenoxy) is 1. The first-order valence-corrected chi connectivity index (χ1v) is 6.49. The third-order valence-corrected chi connectivity index (χ3v) is 3.69. The zero-order valence-electron chi connectivity index (χ0n) is 10.0. The van der Waals surface area contributed by atoms with Gasteiger partial charge in [-0.3, -0.25) is 0 Å². The molecule has 1 N–H and O–H groups in total. The molecule has 0 radical (unpaired) electrons. The summed E-state index contributed by atoms with van der Waals surface area (Å²) in [7, 11) is 0. The molecule has 5 nitrogen and oxygen atoms in total. The Hall–Kier alpha value is -0.940. The second-order valence-electron chi connectivity index (χ2n) is 5.08. The highest BCUT2D eigenvalue weighted by molar-refractivity contribution is 4.98. The first-order valence-electron chi connectivity index (χ1n) is 6.49. The van der Waals surface area contributed by atoms with Crippen LogP contribution in [0.5, 0.6) is 0 Å². The van der Waals surface area contributed by atoms with E-state index in [-0.39, 0.29) is 6.10 Å². The summed E-state index contributed by atoms with van der Waals surface area (Å²) in [6.45, 7) is 2.35. The van der Waals surface area contributed by atoms with Gasteiger partial charge in [-0.15, -0.1) is 0 Å². The normalized spacial score (nSPS) is 25.8. The second kappa shape index (κ2) is 4.74. The number of aryl methyl sites for hydroxylation is 1. The fourth-order valence-electron chi connectivity index (χ4n) is 2.64. The molecule has 3 rings (SSSR count). The summed E-state index contributed by atoms with van der Waals surface area (Å²) >= 11 is 0. The van der Waals surface area contributed by atoms with E-state index in [1.54, 1.807) is 0 Å². The predicted octanol–water partition coefficient (Wildman–Crippen LogP) is 0.554. The second-order valence-corrected chi connectivity index (χ2v) is 5.08. The maximum atomic E-state index is 9.58. The molecule has 0 spiro atoms. The topological polar surface area (TPSA) is 60.2 Å². The van der Waals surface area contributed by atoms with Gasteiger partial charge in [-0.1, -0.05) is 0 Å². The van der Waals surface area contributed by atoms with Crippen molar-refractivity contribution in [1.82, 2.24) is 14.8 Å². The lowest BCUT2D eigenvalue weighted by atomic mass is 9.96. The molecule has 17 heavy (non-hydrogen) atoms. The highest BCUT2D eigenvalue weighted by Crippen LogP contribution is 2.20. The van der Waals surface area contributed by atoms with E-state index in [0.29, 0.717) is 12.5 Å². The van der Waals surface area contributed by atoms with E-state index < -0.39 is 0 Å². The zero-order valence-corrected chi connectivity index (χ0v) is 10.0. The van der Waals surface area contributed by atoms with E-state index in [2.05, 4.69) is 10.1 Å². The molecule has 1 aromatic heterocycles. The predicted molar refractivity (Wildman–Crippen MR) is 61.6 cm³/mol. The fraction of sp³-hybridized carbons (Fsp3) is 0.833. The number of aliphatic hydroxyl groups excluding tert-OH is 1. The molecule has 0 amide bonds. The average Bonchev–Trinajstić information content (AvgIpc) is 2.71. The number of fused-ring (bicyclic) bond motifs is 1. The van der Waals surface area contributed by atoms with Crippen LogP contribution < -0.4 is 0 Å². The maximum Gasteiger partial charge on any atom is 0.151 e. The maximum absolute atomic E-state index is 9.58. The van der Waals surface area contributed by atoms with Gasteiger partial charge in [-0.25, -0.2) is 9.67 Å². The summed E-state index contributed by atoms with van der Waals surface area (Å²) in [5, 5.41) is 14.1. The van der Waals surface area contributed by atoms with Crippen molar-refractivity contribution < 1.29 is 9.84 Å². The standard InChI is InChI=1S/C12H19N3O2/c16-10-1-2-12-13-11(14-15(12)8-10)7-9-3-5-17-6-4-9/h9-10,16H,1-8H2. The van der Waals surface area contributed by atoms with Crippen LogP contribution in [-0.4, -0.2) is 39.2 Å². The van der Waals surface area contributed by atoms with Crippen LogP contribution in [0.1, 0.15) is 30.9 Å². The molecule has 2 aliphatic heterocycles. The molecular formula is C12H19N3O2. The molecule has 0 bridgehead atoms. The van der Waals surface area contributed by atoms with Crippen molar-refractivity contribution in [2.24, 2.45) is 5.92 Å². The molecule has 0 aromatic carbocycles. The fourth-order valence-corrected chi connectivity index (χ4v) is 2.64. The van der Waals surface area contributed by atoms with Crippen molar-refractivity contribution in [1.29, 1.82) is 0 Å². The van der Waals surface area contributed by atoms with Crippen molar-refractivity contribution in [2.75, 3.05) is 13.2 Å². The first kappa shape index (κ1) is 11.2. The summed E-state index contributed by atoms with van der Waals surface area (Å²) in [6, 6.07) is 0. The van der Waals surface area contributed by atoms with Gasteiger partial charge in [0.15, 0.2) is 5.82 Å². The summed E-state index contributed by atoms with van der Waals surface area (Å²) in [5.74, 6) is 2.65. The van der Waals surface area contributed by atoms with Crippen LogP contribution in [0.4, 0.5) is 0 Å². The molecule has 1 aromatic rings. The van der Waals surface area contributed by atoms with Crippen LogP contribution in [0, 0.1) is 5.92 Å². The lowest BCUT2D eigenvalue weighted by molar-refractivity contribution is 0.0659. The van der Waals surface area contributed by atoms with Crippen LogP contribution in [0.3, 0.4) is 0 Å². The highest BCUT2D eigenvalue weighted by Gasteiger charge is 2.22. The van der Waals surface area contributed by atoms with Crippen molar-refractivity contribution in [2.45, 2.75) is 44.8 Å². The van der Waals surface area contributed by atoms with E-state index in [4.69, 9.17) is 4.74 Å². The Bertz CT molecular complexity index is 385. The number of rotatable bonds is 2. The highest BCUT2D eigenvalue weighted by atomic mass is 16.5. The lowest BCUT2D eigenvalue weighted by Gasteiger charge is -2.20. The number of aliphatic hydroxyl groups is 1. The Balaban J connectivity index is 1.67. The SMILES string of the molecule is OC1CCc2nc(CC3CCOCC3)nn2C1. The summed E-state index contributed by atoms with van der Waals surface area (Å²) in [6.07, 6.45) is 4.61. The minimum Gasteiger partial charge on any atom is -0.391 e. The Morgan fingerprint density at radius 2 is 2.12 bits per heavy atom. The van der Waals surface area contributed by atoms with Crippen LogP contribution in [0.2, 0.25) is 0 Å². The first-order chi connectivity index (χ1) is 8.31. The Labute approximate surface area is 101 Å². The molecule has 94 valence electrons. The molecule has 5 heteroatoms. The summed E-state index contributed by atoms with van der Waals surface area (Å²) in [4.78, 5) is 4.58. The molecular weight excluding hydrogens is 218 g/mol. The monoisotopic (exact) mass is 237 g/mol. The van der Waals surface area contributed by atoms with E-state index in [9.17, 15) is 5.11 Å². The molecule has 1 unspecified atom stereocenters. The van der Waals surface area contributed by atoms with Gasteiger partial charge in [0.2, 0.25) is 0 Å². The molecule has 1 saturated heterocycles. The van der Waals surface area contributed by atoms with Gasteiger partial charge in [0.1, 0.15) is 5.82 Å². The van der Waals surface area contributed by atoms with Gasteiger partial charge in [-0.2, -0.15) is 5.10 Å². The summed E-state index contributed by atoms with van der Waals surface area (Å²) in [5.41, 5.74) is 0. The number of nitrogens with zero attached hydrogens (tertiary/aromatic N) is 3. The third kappa shape index (κ3) is 2.50. The van der Waals surface area contributed by atoms with E-state index in [1.165, 1.54) is 0 Å². The minimum atomic E-state index is -0.250. The Kier molecular flexibility index (Phi) is 3.11. The molecule has 2 aliphatic rings. The molecule has 1 fully saturated rings. The van der Waals surface area contributed by atoms with Gasteiger partial charge < -0.3 is 9.84 Å². The van der Waals surface area contributed by atoms with Crippen molar-refractivity contribution >= 4 is 0 Å². The van der Waals surface area contributed by atoms with Gasteiger partial charge in [-0.05, 0) is 25.2 Å². The number of hydrogen-bond acceptors (Lipinski definition) is 4. The Morgan fingerprint density at radius 1 is 1.29 bits per heavy atom. The molecule has 3 heterocycles. The zero-order chi connectivity index (χ0) is 11.7. The van der Waals surface area contributed by atoms with Gasteiger partial charge in [0.25, 0.3) is 0 Å². The third-order valence-electron chi connectivity index (χ3n) is 3.69. The van der Waals surface area contributed by atoms with Crippen LogP contribution in [0.25, 0.3) is 0 Å². The minimum absolute atomic E-state index is 0.250.